The maximum atomic E-state index is 11.4. The Morgan fingerprint density at radius 1 is 1.21 bits per heavy atom. The van der Waals surface area contributed by atoms with Gasteiger partial charge in [0.15, 0.2) is 0 Å². The number of aliphatic hydroxyl groups is 1. The summed E-state index contributed by atoms with van der Waals surface area (Å²) < 4.78 is 0. The van der Waals surface area contributed by atoms with E-state index in [2.05, 4.69) is 15.6 Å². The predicted molar refractivity (Wildman–Crippen MR) is 92.0 cm³/mol. The number of hydrogen-bond donors (Lipinski definition) is 5. The topological polar surface area (TPSA) is 114 Å². The van der Waals surface area contributed by atoms with Gasteiger partial charge in [0.1, 0.15) is 5.75 Å². The second kappa shape index (κ2) is 8.47. The van der Waals surface area contributed by atoms with Crippen molar-refractivity contribution < 1.29 is 15.0 Å². The number of phenolic OH excluding ortho intramolecular Hbond substituents is 1. The van der Waals surface area contributed by atoms with Crippen molar-refractivity contribution >= 4 is 16.8 Å². The lowest BCUT2D eigenvalue weighted by Gasteiger charge is -2.15. The third-order valence-electron chi connectivity index (χ3n) is 3.76. The number of carbonyl (C=O) groups is 1. The van der Waals surface area contributed by atoms with E-state index in [1.807, 2.05) is 0 Å². The molecular formula is C17H23N3O4. The summed E-state index contributed by atoms with van der Waals surface area (Å²) in [7, 11) is 0. The zero-order chi connectivity index (χ0) is 17.5. The Labute approximate surface area is 139 Å². The van der Waals surface area contributed by atoms with Crippen LogP contribution >= 0.6 is 0 Å². The number of hydrogen-bond acceptors (Lipinski definition) is 5. The van der Waals surface area contributed by atoms with E-state index in [-0.39, 0.29) is 17.2 Å². The molecule has 24 heavy (non-hydrogen) atoms. The molecule has 0 radical (unpaired) electrons. The average molecular weight is 333 g/mol. The Morgan fingerprint density at radius 2 is 1.96 bits per heavy atom. The highest BCUT2D eigenvalue weighted by Crippen LogP contribution is 2.28. The monoisotopic (exact) mass is 333 g/mol. The number of benzene rings is 1. The molecule has 0 aliphatic heterocycles. The second-order valence-electron chi connectivity index (χ2n) is 5.70. The molecule has 0 aliphatic rings. The molecule has 0 spiro atoms. The second-order valence-corrected chi connectivity index (χ2v) is 5.70. The minimum atomic E-state index is -0.755. The van der Waals surface area contributed by atoms with Gasteiger partial charge in [0.2, 0.25) is 11.5 Å². The lowest BCUT2D eigenvalue weighted by Crippen LogP contribution is -2.25. The number of aromatic nitrogens is 1. The van der Waals surface area contributed by atoms with E-state index in [1.165, 1.54) is 19.1 Å². The molecule has 0 fully saturated rings. The van der Waals surface area contributed by atoms with E-state index >= 15 is 0 Å². The first-order valence-electron chi connectivity index (χ1n) is 7.97. The van der Waals surface area contributed by atoms with E-state index in [1.54, 1.807) is 12.1 Å². The Morgan fingerprint density at radius 3 is 2.71 bits per heavy atom. The highest BCUT2D eigenvalue weighted by Gasteiger charge is 2.13. The number of H-pyrrole nitrogens is 1. The minimum Gasteiger partial charge on any atom is -0.506 e. The standard InChI is InChI=1S/C17H23N3O4/c1-11(21)19-9-3-2-8-18-10-15(23)12-4-6-14(22)17-13(12)5-7-16(24)20-17/h4-7,15,18,22-23H,2-3,8-10H2,1H3,(H,19,21)(H,20,24)/t15-/m1/s1. The van der Waals surface area contributed by atoms with Crippen molar-refractivity contribution in [2.75, 3.05) is 19.6 Å². The van der Waals surface area contributed by atoms with Crippen molar-refractivity contribution in [3.8, 4) is 5.75 Å². The largest absolute Gasteiger partial charge is 0.506 e. The number of aliphatic hydroxyl groups excluding tert-OH is 1. The van der Waals surface area contributed by atoms with Gasteiger partial charge in [-0.3, -0.25) is 9.59 Å². The summed E-state index contributed by atoms with van der Waals surface area (Å²) in [5, 5.41) is 26.7. The van der Waals surface area contributed by atoms with Crippen LogP contribution < -0.4 is 16.2 Å². The van der Waals surface area contributed by atoms with Crippen molar-refractivity contribution in [3.63, 3.8) is 0 Å². The number of unbranched alkanes of at least 4 members (excludes halogenated alkanes) is 1. The number of pyridine rings is 1. The molecule has 1 atom stereocenters. The molecule has 0 saturated heterocycles. The predicted octanol–water partition coefficient (Wildman–Crippen LogP) is 0.773. The van der Waals surface area contributed by atoms with Crippen LogP contribution in [0.4, 0.5) is 0 Å². The van der Waals surface area contributed by atoms with Gasteiger partial charge in [0.05, 0.1) is 11.6 Å². The highest BCUT2D eigenvalue weighted by molar-refractivity contribution is 5.87. The summed E-state index contributed by atoms with van der Waals surface area (Å²) in [5.74, 6) is -0.0554. The Hall–Kier alpha value is -2.38. The first-order valence-corrected chi connectivity index (χ1v) is 7.97. The van der Waals surface area contributed by atoms with Crippen molar-refractivity contribution in [2.24, 2.45) is 0 Å². The van der Waals surface area contributed by atoms with Gasteiger partial charge in [-0.1, -0.05) is 6.07 Å². The number of amides is 1. The van der Waals surface area contributed by atoms with Gasteiger partial charge in [0.25, 0.3) is 0 Å². The van der Waals surface area contributed by atoms with Crippen LogP contribution in [0.1, 0.15) is 31.4 Å². The molecule has 1 aromatic carbocycles. The van der Waals surface area contributed by atoms with Crippen LogP contribution in [0.15, 0.2) is 29.1 Å². The fourth-order valence-corrected chi connectivity index (χ4v) is 2.54. The molecule has 1 aromatic heterocycles. The Balaban J connectivity index is 1.90. The van der Waals surface area contributed by atoms with Crippen LogP contribution in [0.3, 0.4) is 0 Å². The van der Waals surface area contributed by atoms with Crippen LogP contribution in [0.2, 0.25) is 0 Å². The zero-order valence-corrected chi connectivity index (χ0v) is 13.6. The highest BCUT2D eigenvalue weighted by atomic mass is 16.3. The third kappa shape index (κ3) is 4.81. The van der Waals surface area contributed by atoms with E-state index in [9.17, 15) is 19.8 Å². The zero-order valence-electron chi connectivity index (χ0n) is 13.6. The van der Waals surface area contributed by atoms with Gasteiger partial charge >= 0.3 is 0 Å². The van der Waals surface area contributed by atoms with E-state index in [4.69, 9.17) is 0 Å². The first kappa shape index (κ1) is 18.0. The van der Waals surface area contributed by atoms with Gasteiger partial charge in [-0.15, -0.1) is 0 Å². The maximum Gasteiger partial charge on any atom is 0.248 e. The number of carbonyl (C=O) groups excluding carboxylic acids is 1. The fourth-order valence-electron chi connectivity index (χ4n) is 2.54. The number of aromatic hydroxyl groups is 1. The van der Waals surface area contributed by atoms with Crippen molar-refractivity contribution in [2.45, 2.75) is 25.9 Å². The fraction of sp³-hybridized carbons (Fsp3) is 0.412. The molecule has 1 heterocycles. The minimum absolute atomic E-state index is 0.0235. The Kier molecular flexibility index (Phi) is 6.34. The van der Waals surface area contributed by atoms with Crippen LogP contribution in [0, 0.1) is 0 Å². The van der Waals surface area contributed by atoms with Crippen molar-refractivity contribution in [1.82, 2.24) is 15.6 Å². The van der Waals surface area contributed by atoms with Gasteiger partial charge in [0, 0.05) is 31.5 Å². The summed E-state index contributed by atoms with van der Waals surface area (Å²) >= 11 is 0. The van der Waals surface area contributed by atoms with E-state index in [0.29, 0.717) is 29.6 Å². The summed E-state index contributed by atoms with van der Waals surface area (Å²) in [6.07, 6.45) is 0.997. The van der Waals surface area contributed by atoms with E-state index in [0.717, 1.165) is 19.4 Å². The summed E-state index contributed by atoms with van der Waals surface area (Å²) in [6, 6.07) is 6.08. The van der Waals surface area contributed by atoms with Gasteiger partial charge in [-0.25, -0.2) is 0 Å². The number of phenols is 1. The van der Waals surface area contributed by atoms with Gasteiger partial charge in [-0.2, -0.15) is 0 Å². The molecule has 0 aliphatic carbocycles. The smallest absolute Gasteiger partial charge is 0.248 e. The molecule has 0 saturated carbocycles. The van der Waals surface area contributed by atoms with Gasteiger partial charge in [-0.05, 0) is 37.1 Å². The number of nitrogens with one attached hydrogen (secondary N) is 3. The molecule has 5 N–H and O–H groups in total. The number of rotatable bonds is 8. The average Bonchev–Trinajstić information content (AvgIpc) is 2.54. The molecule has 0 unspecified atom stereocenters. The van der Waals surface area contributed by atoms with Crippen LogP contribution in [0.25, 0.3) is 10.9 Å². The Bertz CT molecular complexity index is 757. The van der Waals surface area contributed by atoms with E-state index < -0.39 is 6.10 Å². The normalized spacial score (nSPS) is 12.2. The molecular weight excluding hydrogens is 310 g/mol. The molecule has 2 rings (SSSR count). The van der Waals surface area contributed by atoms with Crippen LogP contribution in [0.5, 0.6) is 5.75 Å². The number of aromatic amines is 1. The van der Waals surface area contributed by atoms with Crippen LogP contribution in [-0.2, 0) is 4.79 Å². The molecule has 2 aromatic rings. The maximum absolute atomic E-state index is 11.4. The summed E-state index contributed by atoms with van der Waals surface area (Å²) in [6.45, 7) is 3.22. The first-order chi connectivity index (χ1) is 11.5. The van der Waals surface area contributed by atoms with Crippen LogP contribution in [-0.4, -0.2) is 40.7 Å². The summed E-state index contributed by atoms with van der Waals surface area (Å²) in [5.41, 5.74) is 0.667. The summed E-state index contributed by atoms with van der Waals surface area (Å²) in [4.78, 5) is 24.7. The van der Waals surface area contributed by atoms with Crippen molar-refractivity contribution in [3.05, 3.63) is 40.2 Å². The third-order valence-corrected chi connectivity index (χ3v) is 3.76. The SMILES string of the molecule is CC(=O)NCCCCNC[C@@H](O)c1ccc(O)c2[nH]c(=O)ccc12. The van der Waals surface area contributed by atoms with Crippen molar-refractivity contribution in [1.29, 1.82) is 0 Å². The van der Waals surface area contributed by atoms with Gasteiger partial charge < -0.3 is 25.8 Å². The molecule has 7 nitrogen and oxygen atoms in total. The molecule has 1 amide bonds. The molecule has 130 valence electrons. The lowest BCUT2D eigenvalue weighted by molar-refractivity contribution is -0.118. The lowest BCUT2D eigenvalue weighted by atomic mass is 10.0. The molecule has 7 heteroatoms. The molecule has 0 bridgehead atoms. The number of fused-ring (bicyclic) bond motifs is 1. The quantitative estimate of drug-likeness (QED) is 0.458.